The number of anilines is 2. The van der Waals surface area contributed by atoms with Crippen molar-refractivity contribution in [1.29, 1.82) is 0 Å². The zero-order valence-corrected chi connectivity index (χ0v) is 20.3. The van der Waals surface area contributed by atoms with Crippen LogP contribution in [-0.2, 0) is 13.5 Å². The van der Waals surface area contributed by atoms with Crippen LogP contribution in [-0.4, -0.2) is 27.0 Å². The van der Waals surface area contributed by atoms with Crippen LogP contribution in [0.1, 0.15) is 15.9 Å². The van der Waals surface area contributed by atoms with Gasteiger partial charge < -0.3 is 20.2 Å². The van der Waals surface area contributed by atoms with Crippen LogP contribution in [0, 0.1) is 15.2 Å². The number of amides is 1. The maximum atomic E-state index is 15.5. The van der Waals surface area contributed by atoms with Gasteiger partial charge in [0.15, 0.2) is 5.82 Å². The normalized spacial score (nSPS) is 11.3. The fourth-order valence-electron chi connectivity index (χ4n) is 4.00. The molecule has 3 N–H and O–H groups in total. The smallest absolute Gasteiger partial charge is 0.253 e. The number of hydrogen-bond acceptors (Lipinski definition) is 3. The summed E-state index contributed by atoms with van der Waals surface area (Å²) in [6.45, 7) is 0.350. The Morgan fingerprint density at radius 3 is 2.82 bits per heavy atom. The maximum Gasteiger partial charge on any atom is 0.253 e. The van der Waals surface area contributed by atoms with Crippen LogP contribution in [0.3, 0.4) is 0 Å². The number of aromatic nitrogens is 3. The van der Waals surface area contributed by atoms with E-state index in [1.165, 1.54) is 18.5 Å². The Balaban J connectivity index is 1.45. The van der Waals surface area contributed by atoms with Crippen LogP contribution in [0.4, 0.5) is 20.2 Å². The second kappa shape index (κ2) is 9.05. The van der Waals surface area contributed by atoms with E-state index in [-0.39, 0.29) is 22.5 Å². The van der Waals surface area contributed by atoms with Gasteiger partial charge in [0.2, 0.25) is 0 Å². The second-order valence-corrected chi connectivity index (χ2v) is 9.20. The molecule has 34 heavy (non-hydrogen) atoms. The lowest BCUT2D eigenvalue weighted by molar-refractivity contribution is 0.0954. The lowest BCUT2D eigenvalue weighted by Gasteiger charge is -2.15. The van der Waals surface area contributed by atoms with Gasteiger partial charge in [0.25, 0.3) is 5.91 Å². The van der Waals surface area contributed by atoms with Gasteiger partial charge in [0.05, 0.1) is 28.8 Å². The first-order valence-electron chi connectivity index (χ1n) is 10.6. The van der Waals surface area contributed by atoms with Gasteiger partial charge in [-0.2, -0.15) is 0 Å². The quantitative estimate of drug-likeness (QED) is 0.231. The van der Waals surface area contributed by atoms with Crippen LogP contribution in [0.25, 0.3) is 21.9 Å². The number of fused-ring (bicyclic) bond motifs is 2. The van der Waals surface area contributed by atoms with E-state index in [1.54, 1.807) is 23.7 Å². The van der Waals surface area contributed by atoms with Gasteiger partial charge in [-0.25, -0.2) is 13.8 Å². The molecule has 5 aromatic rings. The van der Waals surface area contributed by atoms with Crippen molar-refractivity contribution in [3.8, 4) is 0 Å². The topological polar surface area (TPSA) is 74.7 Å². The minimum absolute atomic E-state index is 0.0717. The van der Waals surface area contributed by atoms with E-state index in [0.29, 0.717) is 22.1 Å². The summed E-state index contributed by atoms with van der Waals surface area (Å²) in [4.78, 5) is 20.5. The highest BCUT2D eigenvalue weighted by molar-refractivity contribution is 14.1. The number of carbonyl (C=O) groups is 1. The predicted octanol–water partition coefficient (Wildman–Crippen LogP) is 5.65. The Kier molecular flexibility index (Phi) is 5.94. The standard InChI is InChI=1S/C25H20F2IN5O/c1-33-13-31-24-21(33)11-17(23(22(24)27)32-20-7-6-15(28)10-18(20)26)25(34)29-9-8-14-12-30-19-5-3-2-4-16(14)19/h2-7,10-13,30,32H,8-9H2,1H3,(H,29,34). The molecular formula is C25H20F2IN5O. The van der Waals surface area contributed by atoms with Crippen molar-refractivity contribution in [2.45, 2.75) is 6.42 Å². The number of carbonyl (C=O) groups excluding carboxylic acids is 1. The molecule has 0 fully saturated rings. The highest BCUT2D eigenvalue weighted by atomic mass is 127. The van der Waals surface area contributed by atoms with E-state index >= 15 is 4.39 Å². The molecule has 2 aromatic heterocycles. The van der Waals surface area contributed by atoms with E-state index in [4.69, 9.17) is 0 Å². The number of imidazole rings is 1. The van der Waals surface area contributed by atoms with Gasteiger partial charge in [0.1, 0.15) is 11.3 Å². The SMILES string of the molecule is Cn1cnc2c(F)c(Nc3ccc(I)cc3F)c(C(=O)NCCc3c[nH]c4ccccc34)cc21. The monoisotopic (exact) mass is 571 g/mol. The lowest BCUT2D eigenvalue weighted by Crippen LogP contribution is -2.26. The molecule has 0 radical (unpaired) electrons. The molecule has 6 nitrogen and oxygen atoms in total. The summed E-state index contributed by atoms with van der Waals surface area (Å²) in [5, 5.41) is 6.74. The molecule has 0 saturated carbocycles. The molecule has 0 atom stereocenters. The Labute approximate surface area is 207 Å². The molecule has 0 unspecified atom stereocenters. The van der Waals surface area contributed by atoms with Crippen LogP contribution in [0.15, 0.2) is 61.1 Å². The lowest BCUT2D eigenvalue weighted by atomic mass is 10.1. The van der Waals surface area contributed by atoms with Crippen molar-refractivity contribution < 1.29 is 13.6 Å². The Morgan fingerprint density at radius 1 is 1.18 bits per heavy atom. The molecule has 172 valence electrons. The molecule has 0 aliphatic carbocycles. The summed E-state index contributed by atoms with van der Waals surface area (Å²) < 4.78 is 32.3. The zero-order valence-electron chi connectivity index (χ0n) is 18.1. The van der Waals surface area contributed by atoms with E-state index in [1.807, 2.05) is 53.1 Å². The summed E-state index contributed by atoms with van der Waals surface area (Å²) in [5.41, 5.74) is 2.70. The van der Waals surface area contributed by atoms with Crippen molar-refractivity contribution in [2.24, 2.45) is 7.05 Å². The number of para-hydroxylation sites is 1. The molecule has 2 heterocycles. The number of nitrogens with one attached hydrogen (secondary N) is 3. The minimum Gasteiger partial charge on any atom is -0.361 e. The van der Waals surface area contributed by atoms with Gasteiger partial charge in [-0.1, -0.05) is 18.2 Å². The van der Waals surface area contributed by atoms with Gasteiger partial charge in [0, 0.05) is 34.3 Å². The van der Waals surface area contributed by atoms with Gasteiger partial charge >= 0.3 is 0 Å². The fraction of sp³-hybridized carbons (Fsp3) is 0.120. The van der Waals surface area contributed by atoms with E-state index in [9.17, 15) is 9.18 Å². The average molecular weight is 571 g/mol. The Bertz CT molecular complexity index is 1540. The number of aromatic amines is 1. The number of benzene rings is 3. The van der Waals surface area contributed by atoms with Gasteiger partial charge in [-0.15, -0.1) is 0 Å². The summed E-state index contributed by atoms with van der Waals surface area (Å²) in [5.74, 6) is -1.72. The first kappa shape index (κ1) is 22.3. The van der Waals surface area contributed by atoms with Crippen LogP contribution >= 0.6 is 22.6 Å². The van der Waals surface area contributed by atoms with Crippen LogP contribution < -0.4 is 10.6 Å². The third-order valence-corrected chi connectivity index (χ3v) is 6.42. The first-order valence-corrected chi connectivity index (χ1v) is 11.7. The van der Waals surface area contributed by atoms with E-state index < -0.39 is 17.5 Å². The molecule has 5 rings (SSSR count). The highest BCUT2D eigenvalue weighted by Crippen LogP contribution is 2.32. The maximum absolute atomic E-state index is 15.5. The zero-order chi connectivity index (χ0) is 23.8. The summed E-state index contributed by atoms with van der Waals surface area (Å²) in [7, 11) is 1.72. The molecule has 0 bridgehead atoms. The number of rotatable bonds is 6. The number of aryl methyl sites for hydroxylation is 1. The van der Waals surface area contributed by atoms with E-state index in [0.717, 1.165) is 16.5 Å². The number of H-pyrrole nitrogens is 1. The first-order chi connectivity index (χ1) is 16.4. The Morgan fingerprint density at radius 2 is 2.00 bits per heavy atom. The third-order valence-electron chi connectivity index (χ3n) is 5.75. The highest BCUT2D eigenvalue weighted by Gasteiger charge is 2.22. The number of halogens is 3. The molecule has 0 aliphatic heterocycles. The molecule has 0 saturated heterocycles. The van der Waals surface area contributed by atoms with Gasteiger partial charge in [-0.3, -0.25) is 4.79 Å². The van der Waals surface area contributed by atoms with E-state index in [2.05, 4.69) is 20.6 Å². The van der Waals surface area contributed by atoms with Gasteiger partial charge in [-0.05, 0) is 64.9 Å². The van der Waals surface area contributed by atoms with Crippen LogP contribution in [0.2, 0.25) is 0 Å². The largest absolute Gasteiger partial charge is 0.361 e. The molecule has 1 amide bonds. The average Bonchev–Trinajstić information content (AvgIpc) is 3.40. The summed E-state index contributed by atoms with van der Waals surface area (Å²) >= 11 is 1.99. The van der Waals surface area contributed by atoms with Crippen molar-refractivity contribution >= 4 is 61.8 Å². The second-order valence-electron chi connectivity index (χ2n) is 7.95. The summed E-state index contributed by atoms with van der Waals surface area (Å²) in [6.07, 6.45) is 3.99. The minimum atomic E-state index is -0.710. The number of hydrogen-bond donors (Lipinski definition) is 3. The fourth-order valence-corrected chi connectivity index (χ4v) is 4.45. The predicted molar refractivity (Wildman–Crippen MR) is 137 cm³/mol. The van der Waals surface area contributed by atoms with Crippen molar-refractivity contribution in [3.05, 3.63) is 87.4 Å². The van der Waals surface area contributed by atoms with Crippen molar-refractivity contribution in [3.63, 3.8) is 0 Å². The molecule has 0 aliphatic rings. The summed E-state index contributed by atoms with van der Waals surface area (Å²) in [6, 6.07) is 14.0. The molecule has 0 spiro atoms. The van der Waals surface area contributed by atoms with Crippen LogP contribution in [0.5, 0.6) is 0 Å². The molecule has 9 heteroatoms. The molecular weight excluding hydrogens is 551 g/mol. The van der Waals surface area contributed by atoms with Crippen molar-refractivity contribution in [1.82, 2.24) is 19.9 Å². The third kappa shape index (κ3) is 4.11. The van der Waals surface area contributed by atoms with Crippen molar-refractivity contribution in [2.75, 3.05) is 11.9 Å². The Hall–Kier alpha value is -3.47. The number of nitrogens with zero attached hydrogens (tertiary/aromatic N) is 2. The molecule has 3 aromatic carbocycles.